The first kappa shape index (κ1) is 13.0. The number of pyridine rings is 1. The van der Waals surface area contributed by atoms with Crippen molar-refractivity contribution < 1.29 is 13.2 Å². The van der Waals surface area contributed by atoms with E-state index in [0.717, 1.165) is 0 Å². The van der Waals surface area contributed by atoms with Gasteiger partial charge in [0, 0.05) is 16.8 Å². The molecule has 0 atom stereocenters. The summed E-state index contributed by atoms with van der Waals surface area (Å²) in [6, 6.07) is 11.1. The number of rotatable bonds is 1. The van der Waals surface area contributed by atoms with E-state index in [1.807, 2.05) is 0 Å². The molecule has 2 nitrogen and oxygen atoms in total. The van der Waals surface area contributed by atoms with Crippen LogP contribution in [0.5, 0.6) is 0 Å². The summed E-state index contributed by atoms with van der Waals surface area (Å²) < 4.78 is 40.9. The standard InChI is InChI=1S/C14H8ClF3N2/c15-10-6-4-9(5-7-10)12-13(14(16,17)18)19-11-3-1-2-8-20(11)12/h1-8H. The molecule has 0 aliphatic carbocycles. The molecule has 0 N–H and O–H groups in total. The van der Waals surface area contributed by atoms with Crippen molar-refractivity contribution in [1.82, 2.24) is 9.38 Å². The summed E-state index contributed by atoms with van der Waals surface area (Å²) in [6.07, 6.45) is -2.96. The van der Waals surface area contributed by atoms with E-state index < -0.39 is 11.9 Å². The van der Waals surface area contributed by atoms with Crippen LogP contribution in [0.25, 0.3) is 16.9 Å². The molecule has 0 saturated heterocycles. The van der Waals surface area contributed by atoms with Crippen molar-refractivity contribution in [2.24, 2.45) is 0 Å². The van der Waals surface area contributed by atoms with Crippen molar-refractivity contribution in [2.75, 3.05) is 0 Å². The normalized spacial score (nSPS) is 12.0. The number of aromatic nitrogens is 2. The molecule has 0 unspecified atom stereocenters. The van der Waals surface area contributed by atoms with Gasteiger partial charge in [-0.15, -0.1) is 0 Å². The summed E-state index contributed by atoms with van der Waals surface area (Å²) in [5, 5.41) is 0.469. The van der Waals surface area contributed by atoms with Crippen LogP contribution < -0.4 is 0 Å². The molecule has 0 amide bonds. The van der Waals surface area contributed by atoms with Crippen LogP contribution in [-0.4, -0.2) is 9.38 Å². The van der Waals surface area contributed by atoms with Crippen LogP contribution in [-0.2, 0) is 6.18 Å². The van der Waals surface area contributed by atoms with E-state index in [2.05, 4.69) is 4.98 Å². The minimum Gasteiger partial charge on any atom is -0.299 e. The quantitative estimate of drug-likeness (QED) is 0.637. The lowest BCUT2D eigenvalue weighted by molar-refractivity contribution is -0.140. The van der Waals surface area contributed by atoms with Gasteiger partial charge in [-0.05, 0) is 24.3 Å². The van der Waals surface area contributed by atoms with Crippen LogP contribution in [0.4, 0.5) is 13.2 Å². The molecule has 0 saturated carbocycles. The molecule has 102 valence electrons. The zero-order chi connectivity index (χ0) is 14.3. The Balaban J connectivity index is 2.34. The molecule has 1 aromatic carbocycles. The Morgan fingerprint density at radius 1 is 1.00 bits per heavy atom. The fraction of sp³-hybridized carbons (Fsp3) is 0.0714. The minimum absolute atomic E-state index is 0.0183. The van der Waals surface area contributed by atoms with Gasteiger partial charge in [-0.2, -0.15) is 13.2 Å². The van der Waals surface area contributed by atoms with Crippen LogP contribution in [0.15, 0.2) is 48.7 Å². The van der Waals surface area contributed by atoms with Gasteiger partial charge in [0.25, 0.3) is 0 Å². The van der Waals surface area contributed by atoms with Gasteiger partial charge in [0.05, 0.1) is 5.69 Å². The predicted octanol–water partition coefficient (Wildman–Crippen LogP) is 4.67. The highest BCUT2D eigenvalue weighted by Gasteiger charge is 2.38. The molecule has 0 aliphatic rings. The summed E-state index contributed by atoms with van der Waals surface area (Å²) in [4.78, 5) is 3.69. The van der Waals surface area contributed by atoms with E-state index in [1.165, 1.54) is 10.5 Å². The molecular weight excluding hydrogens is 289 g/mol. The Hall–Kier alpha value is -2.01. The molecular formula is C14H8ClF3N2. The molecule has 0 aliphatic heterocycles. The topological polar surface area (TPSA) is 17.3 Å². The Morgan fingerprint density at radius 2 is 1.70 bits per heavy atom. The molecule has 6 heteroatoms. The second kappa shape index (κ2) is 4.52. The van der Waals surface area contributed by atoms with Crippen molar-refractivity contribution in [1.29, 1.82) is 0 Å². The van der Waals surface area contributed by atoms with E-state index in [0.29, 0.717) is 10.6 Å². The fourth-order valence-electron chi connectivity index (χ4n) is 2.08. The van der Waals surface area contributed by atoms with Crippen LogP contribution in [0.2, 0.25) is 5.02 Å². The van der Waals surface area contributed by atoms with Gasteiger partial charge in [-0.1, -0.05) is 29.8 Å². The predicted molar refractivity (Wildman–Crippen MR) is 70.6 cm³/mol. The molecule has 2 heterocycles. The van der Waals surface area contributed by atoms with E-state index >= 15 is 0 Å². The second-order valence-corrected chi connectivity index (χ2v) is 4.68. The number of halogens is 4. The molecule has 20 heavy (non-hydrogen) atoms. The van der Waals surface area contributed by atoms with Gasteiger partial charge in [-0.3, -0.25) is 4.40 Å². The average molecular weight is 297 g/mol. The number of hydrogen-bond donors (Lipinski definition) is 0. The lowest BCUT2D eigenvalue weighted by atomic mass is 10.1. The Labute approximate surface area is 117 Å². The Kier molecular flexibility index (Phi) is 2.94. The first-order valence-electron chi connectivity index (χ1n) is 5.77. The van der Waals surface area contributed by atoms with Crippen molar-refractivity contribution in [2.45, 2.75) is 6.18 Å². The molecule has 3 rings (SSSR count). The maximum atomic E-state index is 13.1. The molecule has 0 spiro atoms. The van der Waals surface area contributed by atoms with Gasteiger partial charge in [0.15, 0.2) is 5.69 Å². The second-order valence-electron chi connectivity index (χ2n) is 4.24. The zero-order valence-electron chi connectivity index (χ0n) is 10.0. The van der Waals surface area contributed by atoms with Crippen molar-refractivity contribution in [3.05, 3.63) is 59.4 Å². The van der Waals surface area contributed by atoms with Gasteiger partial charge in [0.1, 0.15) is 5.65 Å². The Bertz CT molecular complexity index is 760. The molecule has 0 radical (unpaired) electrons. The highest BCUT2D eigenvalue weighted by atomic mass is 35.5. The zero-order valence-corrected chi connectivity index (χ0v) is 10.8. The summed E-state index contributed by atoms with van der Waals surface area (Å²) >= 11 is 5.78. The first-order chi connectivity index (χ1) is 9.47. The maximum absolute atomic E-state index is 13.1. The largest absolute Gasteiger partial charge is 0.435 e. The summed E-state index contributed by atoms with van der Waals surface area (Å²) in [5.41, 5.74) is -0.207. The number of alkyl halides is 3. The third-order valence-corrected chi connectivity index (χ3v) is 3.17. The highest BCUT2D eigenvalue weighted by molar-refractivity contribution is 6.30. The van der Waals surface area contributed by atoms with Crippen LogP contribution in [0.3, 0.4) is 0 Å². The smallest absolute Gasteiger partial charge is 0.299 e. The van der Waals surface area contributed by atoms with Crippen LogP contribution in [0, 0.1) is 0 Å². The third-order valence-electron chi connectivity index (χ3n) is 2.92. The molecule has 0 fully saturated rings. The van der Waals surface area contributed by atoms with E-state index in [4.69, 9.17) is 11.6 Å². The highest BCUT2D eigenvalue weighted by Crippen LogP contribution is 2.37. The van der Waals surface area contributed by atoms with Crippen LogP contribution in [0.1, 0.15) is 5.69 Å². The van der Waals surface area contributed by atoms with Crippen molar-refractivity contribution in [3.8, 4) is 11.3 Å². The fourth-order valence-corrected chi connectivity index (χ4v) is 2.20. The molecule has 3 aromatic rings. The van der Waals surface area contributed by atoms with E-state index in [-0.39, 0.29) is 11.3 Å². The average Bonchev–Trinajstić information content (AvgIpc) is 2.79. The third kappa shape index (κ3) is 2.14. The Morgan fingerprint density at radius 3 is 2.35 bits per heavy atom. The lowest BCUT2D eigenvalue weighted by Gasteiger charge is -2.08. The summed E-state index contributed by atoms with van der Waals surface area (Å²) in [5.74, 6) is 0. The van der Waals surface area contributed by atoms with Crippen molar-refractivity contribution in [3.63, 3.8) is 0 Å². The monoisotopic (exact) mass is 296 g/mol. The minimum atomic E-state index is -4.51. The van der Waals surface area contributed by atoms with Gasteiger partial charge >= 0.3 is 6.18 Å². The molecule has 2 aromatic heterocycles. The van der Waals surface area contributed by atoms with Gasteiger partial charge < -0.3 is 0 Å². The van der Waals surface area contributed by atoms with E-state index in [9.17, 15) is 13.2 Å². The van der Waals surface area contributed by atoms with E-state index in [1.54, 1.807) is 42.6 Å². The summed E-state index contributed by atoms with van der Waals surface area (Å²) in [6.45, 7) is 0. The van der Waals surface area contributed by atoms with Crippen LogP contribution >= 0.6 is 11.6 Å². The SMILES string of the molecule is FC(F)(F)c1nc2ccccn2c1-c1ccc(Cl)cc1. The lowest BCUT2D eigenvalue weighted by Crippen LogP contribution is -2.07. The number of nitrogens with zero attached hydrogens (tertiary/aromatic N) is 2. The van der Waals surface area contributed by atoms with Crippen molar-refractivity contribution >= 4 is 17.2 Å². The number of benzene rings is 1. The number of imidazole rings is 1. The van der Waals surface area contributed by atoms with Gasteiger partial charge in [-0.25, -0.2) is 4.98 Å². The molecule has 0 bridgehead atoms. The van der Waals surface area contributed by atoms with Gasteiger partial charge in [0.2, 0.25) is 0 Å². The maximum Gasteiger partial charge on any atom is 0.435 e. The first-order valence-corrected chi connectivity index (χ1v) is 6.15. The number of fused-ring (bicyclic) bond motifs is 1. The number of hydrogen-bond acceptors (Lipinski definition) is 1. The summed E-state index contributed by atoms with van der Waals surface area (Å²) in [7, 11) is 0.